The molecule has 0 fully saturated rings. The van der Waals surface area contributed by atoms with E-state index in [1.165, 1.54) is 17.4 Å². The second-order valence-corrected chi connectivity index (χ2v) is 7.67. The van der Waals surface area contributed by atoms with Crippen LogP contribution < -0.4 is 14.8 Å². The van der Waals surface area contributed by atoms with Crippen LogP contribution in [-0.4, -0.2) is 33.3 Å². The minimum absolute atomic E-state index is 0.227. The molecule has 1 heterocycles. The molecular weight excluding hydrogens is 393 g/mol. The summed E-state index contributed by atoms with van der Waals surface area (Å²) in [4.78, 5) is 13.4. The molecule has 0 spiro atoms. The summed E-state index contributed by atoms with van der Waals surface area (Å²) < 4.78 is 30.9. The fourth-order valence-corrected chi connectivity index (χ4v) is 4.25. The third-order valence-corrected chi connectivity index (χ3v) is 5.95. The standard InChI is InChI=1S/C22H24FNO4S/c1-13-20-16(23)6-5-7-19(20)29-21(13)22(25)24-14(2)15-8-9-17(18(12-15)27-4)28-11-10-26-3/h5-9,12,14H,10-11H2,1-4H3,(H,24,25). The summed E-state index contributed by atoms with van der Waals surface area (Å²) in [6.07, 6.45) is 0. The average molecular weight is 418 g/mol. The van der Waals surface area contributed by atoms with Crippen molar-refractivity contribution in [3.63, 3.8) is 0 Å². The maximum Gasteiger partial charge on any atom is 0.262 e. The number of carbonyl (C=O) groups is 1. The Morgan fingerprint density at radius 1 is 1.17 bits per heavy atom. The number of carbonyl (C=O) groups excluding carboxylic acids is 1. The van der Waals surface area contributed by atoms with Gasteiger partial charge in [0.05, 0.1) is 24.6 Å². The highest BCUT2D eigenvalue weighted by Gasteiger charge is 2.20. The number of halogens is 1. The molecule has 3 rings (SSSR count). The predicted octanol–water partition coefficient (Wildman–Crippen LogP) is 4.87. The highest BCUT2D eigenvalue weighted by molar-refractivity contribution is 7.21. The van der Waals surface area contributed by atoms with Crippen molar-refractivity contribution in [3.8, 4) is 11.5 Å². The van der Waals surface area contributed by atoms with Crippen molar-refractivity contribution in [1.29, 1.82) is 0 Å². The second kappa shape index (κ2) is 9.24. The van der Waals surface area contributed by atoms with Crippen molar-refractivity contribution in [3.05, 3.63) is 58.2 Å². The molecule has 1 N–H and O–H groups in total. The number of ether oxygens (including phenoxy) is 3. The van der Waals surface area contributed by atoms with Crippen LogP contribution in [0, 0.1) is 12.7 Å². The maximum atomic E-state index is 14.1. The van der Waals surface area contributed by atoms with Gasteiger partial charge in [0.2, 0.25) is 0 Å². The molecule has 0 aliphatic rings. The van der Waals surface area contributed by atoms with Crippen LogP contribution in [0.2, 0.25) is 0 Å². The first-order chi connectivity index (χ1) is 14.0. The summed E-state index contributed by atoms with van der Waals surface area (Å²) in [6, 6.07) is 10.2. The van der Waals surface area contributed by atoms with Crippen LogP contribution in [0.4, 0.5) is 4.39 Å². The highest BCUT2D eigenvalue weighted by Crippen LogP contribution is 2.34. The van der Waals surface area contributed by atoms with Gasteiger partial charge in [0, 0.05) is 17.2 Å². The van der Waals surface area contributed by atoms with E-state index in [0.717, 1.165) is 10.3 Å². The molecular formula is C22H24FNO4S. The molecule has 29 heavy (non-hydrogen) atoms. The zero-order valence-corrected chi connectivity index (χ0v) is 17.7. The van der Waals surface area contributed by atoms with E-state index in [9.17, 15) is 9.18 Å². The van der Waals surface area contributed by atoms with E-state index in [-0.39, 0.29) is 17.8 Å². The number of hydrogen-bond donors (Lipinski definition) is 1. The van der Waals surface area contributed by atoms with Crippen LogP contribution in [-0.2, 0) is 4.74 Å². The van der Waals surface area contributed by atoms with Crippen molar-refractivity contribution < 1.29 is 23.4 Å². The van der Waals surface area contributed by atoms with Gasteiger partial charge in [-0.3, -0.25) is 4.79 Å². The second-order valence-electron chi connectivity index (χ2n) is 6.62. The Morgan fingerprint density at radius 3 is 2.66 bits per heavy atom. The van der Waals surface area contributed by atoms with Gasteiger partial charge in [-0.25, -0.2) is 4.39 Å². The Kier molecular flexibility index (Phi) is 6.71. The van der Waals surface area contributed by atoms with Gasteiger partial charge in [0.25, 0.3) is 5.91 Å². The number of hydrogen-bond acceptors (Lipinski definition) is 5. The molecule has 0 saturated heterocycles. The van der Waals surface area contributed by atoms with E-state index in [2.05, 4.69) is 5.32 Å². The topological polar surface area (TPSA) is 56.8 Å². The van der Waals surface area contributed by atoms with Gasteiger partial charge < -0.3 is 19.5 Å². The Labute approximate surface area is 173 Å². The average Bonchev–Trinajstić information content (AvgIpc) is 3.06. The highest BCUT2D eigenvalue weighted by atomic mass is 32.1. The van der Waals surface area contributed by atoms with Crippen molar-refractivity contribution in [2.75, 3.05) is 27.4 Å². The molecule has 5 nitrogen and oxygen atoms in total. The summed E-state index contributed by atoms with van der Waals surface area (Å²) in [7, 11) is 3.18. The zero-order valence-electron chi connectivity index (χ0n) is 16.9. The summed E-state index contributed by atoms with van der Waals surface area (Å²) in [5.74, 6) is 0.662. The lowest BCUT2D eigenvalue weighted by molar-refractivity contribution is 0.0943. The molecule has 0 bridgehead atoms. The number of rotatable bonds is 8. The minimum atomic E-state index is -0.308. The van der Waals surface area contributed by atoms with Crippen LogP contribution in [0.15, 0.2) is 36.4 Å². The van der Waals surface area contributed by atoms with Crippen LogP contribution in [0.3, 0.4) is 0 Å². The first kappa shape index (κ1) is 21.1. The Bertz CT molecular complexity index is 1020. The van der Waals surface area contributed by atoms with Gasteiger partial charge in [-0.1, -0.05) is 12.1 Å². The lowest BCUT2D eigenvalue weighted by atomic mass is 10.1. The Morgan fingerprint density at radius 2 is 1.97 bits per heavy atom. The molecule has 7 heteroatoms. The first-order valence-electron chi connectivity index (χ1n) is 9.24. The minimum Gasteiger partial charge on any atom is -0.493 e. The lowest BCUT2D eigenvalue weighted by Gasteiger charge is -2.17. The van der Waals surface area contributed by atoms with Gasteiger partial charge in [0.1, 0.15) is 12.4 Å². The molecule has 0 saturated carbocycles. The Hall–Kier alpha value is -2.64. The molecule has 3 aromatic rings. The third kappa shape index (κ3) is 4.52. The van der Waals surface area contributed by atoms with Crippen LogP contribution in [0.1, 0.15) is 33.8 Å². The predicted molar refractivity (Wildman–Crippen MR) is 113 cm³/mol. The summed E-state index contributed by atoms with van der Waals surface area (Å²) in [5.41, 5.74) is 1.53. The molecule has 1 aromatic heterocycles. The molecule has 1 amide bonds. The lowest BCUT2D eigenvalue weighted by Crippen LogP contribution is -2.26. The van der Waals surface area contributed by atoms with Crippen LogP contribution in [0.5, 0.6) is 11.5 Å². The third-order valence-electron chi connectivity index (χ3n) is 4.69. The monoisotopic (exact) mass is 417 g/mol. The molecule has 0 aliphatic carbocycles. The van der Waals surface area contributed by atoms with Crippen molar-refractivity contribution in [2.24, 2.45) is 0 Å². The van der Waals surface area contributed by atoms with E-state index in [0.29, 0.717) is 40.5 Å². The van der Waals surface area contributed by atoms with Gasteiger partial charge in [-0.05, 0) is 49.2 Å². The Balaban J connectivity index is 1.77. The SMILES string of the molecule is COCCOc1ccc(C(C)NC(=O)c2sc3cccc(F)c3c2C)cc1OC. The number of methoxy groups -OCH3 is 2. The van der Waals surface area contributed by atoms with Crippen LogP contribution >= 0.6 is 11.3 Å². The molecule has 154 valence electrons. The zero-order chi connectivity index (χ0) is 21.0. The molecule has 0 radical (unpaired) electrons. The quantitative estimate of drug-likeness (QED) is 0.531. The van der Waals surface area contributed by atoms with E-state index >= 15 is 0 Å². The number of aryl methyl sites for hydroxylation is 1. The van der Waals surface area contributed by atoms with E-state index in [1.807, 2.05) is 31.2 Å². The van der Waals surface area contributed by atoms with E-state index in [4.69, 9.17) is 14.2 Å². The van der Waals surface area contributed by atoms with Crippen molar-refractivity contribution in [2.45, 2.75) is 19.9 Å². The van der Waals surface area contributed by atoms with Crippen molar-refractivity contribution in [1.82, 2.24) is 5.32 Å². The van der Waals surface area contributed by atoms with E-state index < -0.39 is 0 Å². The first-order valence-corrected chi connectivity index (χ1v) is 10.1. The number of nitrogens with one attached hydrogen (secondary N) is 1. The molecule has 2 aromatic carbocycles. The molecule has 1 unspecified atom stereocenters. The van der Waals surface area contributed by atoms with Gasteiger partial charge in [-0.2, -0.15) is 0 Å². The summed E-state index contributed by atoms with van der Waals surface area (Å²) in [5, 5.41) is 3.50. The summed E-state index contributed by atoms with van der Waals surface area (Å²) >= 11 is 1.30. The maximum absolute atomic E-state index is 14.1. The molecule has 0 aliphatic heterocycles. The number of benzene rings is 2. The number of fused-ring (bicyclic) bond motifs is 1. The van der Waals surface area contributed by atoms with Crippen LogP contribution in [0.25, 0.3) is 10.1 Å². The van der Waals surface area contributed by atoms with Gasteiger partial charge >= 0.3 is 0 Å². The molecule has 1 atom stereocenters. The largest absolute Gasteiger partial charge is 0.493 e. The van der Waals surface area contributed by atoms with Gasteiger partial charge in [0.15, 0.2) is 11.5 Å². The fourth-order valence-electron chi connectivity index (χ4n) is 3.12. The fraction of sp³-hybridized carbons (Fsp3) is 0.318. The number of amides is 1. The van der Waals surface area contributed by atoms with Crippen molar-refractivity contribution >= 4 is 27.3 Å². The smallest absolute Gasteiger partial charge is 0.262 e. The normalized spacial score (nSPS) is 12.0. The number of thiophene rings is 1. The van der Waals surface area contributed by atoms with E-state index in [1.54, 1.807) is 27.2 Å². The van der Waals surface area contributed by atoms with Gasteiger partial charge in [-0.15, -0.1) is 11.3 Å². The summed E-state index contributed by atoms with van der Waals surface area (Å²) in [6.45, 7) is 4.56.